The Morgan fingerprint density at radius 1 is 1.10 bits per heavy atom. The molecule has 2 heterocycles. The fourth-order valence-electron chi connectivity index (χ4n) is 3.68. The van der Waals surface area contributed by atoms with Crippen molar-refractivity contribution in [1.29, 1.82) is 0 Å². The van der Waals surface area contributed by atoms with Crippen LogP contribution in [0.4, 0.5) is 10.1 Å². The van der Waals surface area contributed by atoms with Crippen molar-refractivity contribution >= 4 is 11.6 Å². The number of amides is 1. The lowest BCUT2D eigenvalue weighted by molar-refractivity contribution is -0.132. The average Bonchev–Trinajstić information content (AvgIpc) is 3.34. The minimum Gasteiger partial charge on any atom is -0.340 e. The van der Waals surface area contributed by atoms with Crippen LogP contribution in [0.25, 0.3) is 10.5 Å². The molecule has 0 spiro atoms. The van der Waals surface area contributed by atoms with Gasteiger partial charge in [0.05, 0.1) is 18.7 Å². The molecule has 0 bridgehead atoms. The zero-order valence-electron chi connectivity index (χ0n) is 17.0. The van der Waals surface area contributed by atoms with Crippen molar-refractivity contribution in [3.8, 4) is 5.69 Å². The molecule has 158 valence electrons. The minimum atomic E-state index is -0.419. The first kappa shape index (κ1) is 20.6. The third-order valence-electron chi connectivity index (χ3n) is 5.51. The van der Waals surface area contributed by atoms with Gasteiger partial charge in [0.25, 0.3) is 0 Å². The lowest BCUT2D eigenvalue weighted by Gasteiger charge is -2.35. The molecule has 3 aromatic rings. The molecule has 0 radical (unpaired) electrons. The van der Waals surface area contributed by atoms with E-state index in [9.17, 15) is 9.18 Å². The Kier molecular flexibility index (Phi) is 6.29. The van der Waals surface area contributed by atoms with Crippen molar-refractivity contribution in [1.82, 2.24) is 30.0 Å². The predicted octanol–water partition coefficient (Wildman–Crippen LogP) is 2.28. The third kappa shape index (κ3) is 4.92. The summed E-state index contributed by atoms with van der Waals surface area (Å²) in [6, 6.07) is 12.5. The molecule has 0 aliphatic carbocycles. The molecular formula is C22H22FN7O. The topological polar surface area (TPSA) is 71.5 Å². The van der Waals surface area contributed by atoms with Gasteiger partial charge in [0.15, 0.2) is 0 Å². The van der Waals surface area contributed by atoms with Crippen molar-refractivity contribution in [3.05, 3.63) is 77.2 Å². The number of tetrazole rings is 1. The zero-order chi connectivity index (χ0) is 21.6. The highest BCUT2D eigenvalue weighted by molar-refractivity contribution is 5.79. The van der Waals surface area contributed by atoms with Gasteiger partial charge in [-0.1, -0.05) is 30.3 Å². The first-order valence-electron chi connectivity index (χ1n) is 10.1. The largest absolute Gasteiger partial charge is 0.340 e. The number of nitrogens with zero attached hydrogens (tertiary/aromatic N) is 7. The van der Waals surface area contributed by atoms with Crippen LogP contribution in [-0.4, -0.2) is 68.6 Å². The van der Waals surface area contributed by atoms with E-state index in [0.717, 1.165) is 24.3 Å². The second-order valence-electron chi connectivity index (χ2n) is 7.43. The van der Waals surface area contributed by atoms with Crippen LogP contribution in [0.3, 0.4) is 0 Å². The Balaban J connectivity index is 1.25. The Bertz CT molecular complexity index is 1070. The van der Waals surface area contributed by atoms with Crippen LogP contribution in [0, 0.1) is 12.4 Å². The molecule has 8 nitrogen and oxygen atoms in total. The van der Waals surface area contributed by atoms with Crippen LogP contribution in [0.5, 0.6) is 0 Å². The van der Waals surface area contributed by atoms with Gasteiger partial charge in [-0.15, -0.1) is 5.10 Å². The smallest absolute Gasteiger partial charge is 0.227 e. The van der Waals surface area contributed by atoms with Gasteiger partial charge in [0.1, 0.15) is 12.1 Å². The highest BCUT2D eigenvalue weighted by atomic mass is 19.1. The summed E-state index contributed by atoms with van der Waals surface area (Å²) < 4.78 is 15.8. The van der Waals surface area contributed by atoms with Crippen molar-refractivity contribution in [2.75, 3.05) is 32.7 Å². The summed E-state index contributed by atoms with van der Waals surface area (Å²) in [4.78, 5) is 20.0. The SMILES string of the molecule is [C-]#[N+]c1cccc(CCN2CCN(C(=O)Cc3ccc(-n4cnnn4)cc3)CC2)c1F. The van der Waals surface area contributed by atoms with E-state index in [4.69, 9.17) is 6.57 Å². The van der Waals surface area contributed by atoms with Gasteiger partial charge in [-0.2, -0.15) is 0 Å². The Morgan fingerprint density at radius 3 is 2.55 bits per heavy atom. The molecule has 1 amide bonds. The van der Waals surface area contributed by atoms with E-state index < -0.39 is 5.82 Å². The number of piperazine rings is 1. The monoisotopic (exact) mass is 419 g/mol. The molecule has 0 saturated carbocycles. The molecule has 1 saturated heterocycles. The van der Waals surface area contributed by atoms with Crippen molar-refractivity contribution in [3.63, 3.8) is 0 Å². The lowest BCUT2D eigenvalue weighted by Crippen LogP contribution is -2.49. The first-order chi connectivity index (χ1) is 15.1. The molecule has 1 aromatic heterocycles. The van der Waals surface area contributed by atoms with Crippen molar-refractivity contribution in [2.45, 2.75) is 12.8 Å². The van der Waals surface area contributed by atoms with Crippen LogP contribution in [0.15, 0.2) is 48.8 Å². The van der Waals surface area contributed by atoms with Gasteiger partial charge < -0.3 is 4.90 Å². The van der Waals surface area contributed by atoms with Crippen LogP contribution < -0.4 is 0 Å². The van der Waals surface area contributed by atoms with Crippen molar-refractivity contribution < 1.29 is 9.18 Å². The van der Waals surface area contributed by atoms with Crippen LogP contribution >= 0.6 is 0 Å². The molecule has 0 unspecified atom stereocenters. The molecule has 0 N–H and O–H groups in total. The van der Waals surface area contributed by atoms with Gasteiger partial charge in [0.2, 0.25) is 11.6 Å². The fraction of sp³-hybridized carbons (Fsp3) is 0.318. The lowest BCUT2D eigenvalue weighted by atomic mass is 10.1. The maximum atomic E-state index is 14.2. The molecule has 31 heavy (non-hydrogen) atoms. The third-order valence-corrected chi connectivity index (χ3v) is 5.51. The van der Waals surface area contributed by atoms with Gasteiger partial charge in [-0.25, -0.2) is 13.9 Å². The number of carbonyl (C=O) groups excluding carboxylic acids is 1. The minimum absolute atomic E-state index is 0.0684. The van der Waals surface area contributed by atoms with Gasteiger partial charge in [0, 0.05) is 32.7 Å². The summed E-state index contributed by atoms with van der Waals surface area (Å²) in [5.74, 6) is -0.317. The van der Waals surface area contributed by atoms with E-state index in [2.05, 4.69) is 25.3 Å². The summed E-state index contributed by atoms with van der Waals surface area (Å²) in [7, 11) is 0. The molecule has 1 aliphatic heterocycles. The highest BCUT2D eigenvalue weighted by Gasteiger charge is 2.21. The molecule has 1 fully saturated rings. The van der Waals surface area contributed by atoms with E-state index in [0.29, 0.717) is 38.0 Å². The number of benzene rings is 2. The zero-order valence-corrected chi connectivity index (χ0v) is 17.0. The van der Waals surface area contributed by atoms with Crippen LogP contribution in [0.2, 0.25) is 0 Å². The predicted molar refractivity (Wildman–Crippen MR) is 112 cm³/mol. The van der Waals surface area contributed by atoms with E-state index in [1.165, 1.54) is 12.4 Å². The van der Waals surface area contributed by atoms with Crippen LogP contribution in [-0.2, 0) is 17.6 Å². The van der Waals surface area contributed by atoms with Gasteiger partial charge in [-0.05, 0) is 40.1 Å². The quantitative estimate of drug-likeness (QED) is 0.574. The number of hydrogen-bond acceptors (Lipinski definition) is 5. The summed E-state index contributed by atoms with van der Waals surface area (Å²) in [6.07, 6.45) is 2.43. The maximum Gasteiger partial charge on any atom is 0.227 e. The number of halogens is 1. The molecule has 4 rings (SSSR count). The number of rotatable bonds is 6. The number of aromatic nitrogens is 4. The summed E-state index contributed by atoms with van der Waals surface area (Å²) in [5.41, 5.74) is 2.42. The van der Waals surface area contributed by atoms with Gasteiger partial charge in [-0.3, -0.25) is 9.69 Å². The van der Waals surface area contributed by atoms with E-state index in [1.807, 2.05) is 29.2 Å². The molecular weight excluding hydrogens is 397 g/mol. The second-order valence-corrected chi connectivity index (χ2v) is 7.43. The standard InChI is InChI=1S/C22H22FN7O/c1-24-20-4-2-3-18(22(20)23)9-10-28-11-13-29(14-12-28)21(31)15-17-5-7-19(8-6-17)30-16-25-26-27-30/h2-8,16H,9-15H2. The number of hydrogen-bond donors (Lipinski definition) is 0. The molecule has 1 aliphatic rings. The Morgan fingerprint density at radius 2 is 1.87 bits per heavy atom. The highest BCUT2D eigenvalue weighted by Crippen LogP contribution is 2.21. The molecule has 9 heteroatoms. The first-order valence-corrected chi connectivity index (χ1v) is 10.1. The Hall–Kier alpha value is -3.64. The van der Waals surface area contributed by atoms with Gasteiger partial charge >= 0.3 is 0 Å². The fourth-order valence-corrected chi connectivity index (χ4v) is 3.68. The van der Waals surface area contributed by atoms with E-state index >= 15 is 0 Å². The second kappa shape index (κ2) is 9.45. The number of carbonyl (C=O) groups is 1. The molecule has 0 atom stereocenters. The van der Waals surface area contributed by atoms with E-state index in [-0.39, 0.29) is 11.6 Å². The van der Waals surface area contributed by atoms with Crippen molar-refractivity contribution in [2.24, 2.45) is 0 Å². The average molecular weight is 419 g/mol. The summed E-state index contributed by atoms with van der Waals surface area (Å²) >= 11 is 0. The van der Waals surface area contributed by atoms with E-state index in [1.54, 1.807) is 16.8 Å². The van der Waals surface area contributed by atoms with Crippen LogP contribution in [0.1, 0.15) is 11.1 Å². The summed E-state index contributed by atoms with van der Waals surface area (Å²) in [6.45, 7) is 10.6. The normalized spacial score (nSPS) is 14.4. The maximum absolute atomic E-state index is 14.2. The molecule has 2 aromatic carbocycles. The Labute approximate surface area is 179 Å². The summed E-state index contributed by atoms with van der Waals surface area (Å²) in [5, 5.41) is 11.1.